The van der Waals surface area contributed by atoms with Crippen LogP contribution in [0.4, 0.5) is 5.69 Å². The highest BCUT2D eigenvalue weighted by Gasteiger charge is 2.66. The lowest BCUT2D eigenvalue weighted by molar-refractivity contribution is -0.123. The van der Waals surface area contributed by atoms with E-state index in [9.17, 15) is 14.7 Å². The molecule has 4 rings (SSSR count). The SMILES string of the molecule is Cc1cc(O)ccc1N1C(=O)[C@@H]2[C@H]3C[C@@H]([C@@H](Br)[C@H]3Br)[C@H]2C1=O. The van der Waals surface area contributed by atoms with Crippen molar-refractivity contribution in [3.63, 3.8) is 0 Å². The smallest absolute Gasteiger partial charge is 0.238 e. The van der Waals surface area contributed by atoms with Gasteiger partial charge < -0.3 is 5.11 Å². The van der Waals surface area contributed by atoms with Crippen molar-refractivity contribution in [3.8, 4) is 5.75 Å². The van der Waals surface area contributed by atoms with Crippen molar-refractivity contribution >= 4 is 49.4 Å². The molecule has 2 amide bonds. The monoisotopic (exact) mass is 427 g/mol. The van der Waals surface area contributed by atoms with Crippen LogP contribution in [0.15, 0.2) is 18.2 Å². The number of hydrogen-bond acceptors (Lipinski definition) is 3. The van der Waals surface area contributed by atoms with Crippen LogP contribution in [0.5, 0.6) is 5.75 Å². The van der Waals surface area contributed by atoms with E-state index >= 15 is 0 Å². The third-order valence-electron chi connectivity index (χ3n) is 5.41. The second-order valence-electron chi connectivity index (χ2n) is 6.49. The van der Waals surface area contributed by atoms with Gasteiger partial charge in [0.2, 0.25) is 11.8 Å². The fraction of sp³-hybridized carbons (Fsp3) is 0.500. The molecule has 3 aliphatic rings. The van der Waals surface area contributed by atoms with E-state index < -0.39 is 0 Å². The normalized spacial score (nSPS) is 39.7. The Kier molecular flexibility index (Phi) is 3.21. The van der Waals surface area contributed by atoms with Gasteiger partial charge in [-0.3, -0.25) is 9.59 Å². The predicted octanol–water partition coefficient (Wildman–Crippen LogP) is 2.98. The van der Waals surface area contributed by atoms with Crippen LogP contribution in [0.2, 0.25) is 0 Å². The van der Waals surface area contributed by atoms with Crippen LogP contribution in [0.25, 0.3) is 0 Å². The van der Waals surface area contributed by atoms with Crippen LogP contribution < -0.4 is 4.90 Å². The van der Waals surface area contributed by atoms with E-state index in [0.29, 0.717) is 5.69 Å². The number of aromatic hydroxyl groups is 1. The zero-order chi connectivity index (χ0) is 15.8. The van der Waals surface area contributed by atoms with Gasteiger partial charge in [0.1, 0.15) is 5.75 Å². The maximum atomic E-state index is 12.9. The Hall–Kier alpha value is -0.880. The van der Waals surface area contributed by atoms with Crippen LogP contribution >= 0.6 is 31.9 Å². The summed E-state index contributed by atoms with van der Waals surface area (Å²) < 4.78 is 0. The van der Waals surface area contributed by atoms with Gasteiger partial charge in [0.05, 0.1) is 17.5 Å². The first-order valence-electron chi connectivity index (χ1n) is 7.37. The molecule has 4 nitrogen and oxygen atoms in total. The number of benzene rings is 1. The summed E-state index contributed by atoms with van der Waals surface area (Å²) in [4.78, 5) is 27.6. The molecule has 6 atom stereocenters. The molecule has 116 valence electrons. The first-order chi connectivity index (χ1) is 10.4. The van der Waals surface area contributed by atoms with Crippen LogP contribution in [0, 0.1) is 30.6 Å². The Bertz CT molecular complexity index is 660. The molecule has 1 N–H and O–H groups in total. The maximum Gasteiger partial charge on any atom is 0.238 e. The first kappa shape index (κ1) is 14.7. The number of aryl methyl sites for hydroxylation is 1. The van der Waals surface area contributed by atoms with Crippen molar-refractivity contribution in [2.24, 2.45) is 23.7 Å². The minimum Gasteiger partial charge on any atom is -0.508 e. The predicted molar refractivity (Wildman–Crippen MR) is 89.3 cm³/mol. The maximum absolute atomic E-state index is 12.9. The number of carbonyl (C=O) groups is 2. The molecule has 0 spiro atoms. The Morgan fingerprint density at radius 1 is 1.09 bits per heavy atom. The summed E-state index contributed by atoms with van der Waals surface area (Å²) >= 11 is 7.37. The van der Waals surface area contributed by atoms with E-state index in [1.165, 1.54) is 11.0 Å². The molecule has 1 aromatic rings. The number of nitrogens with zero attached hydrogens (tertiary/aromatic N) is 1. The summed E-state index contributed by atoms with van der Waals surface area (Å²) in [5, 5.41) is 9.54. The van der Waals surface area contributed by atoms with E-state index in [4.69, 9.17) is 0 Å². The largest absolute Gasteiger partial charge is 0.508 e. The third kappa shape index (κ3) is 1.74. The van der Waals surface area contributed by atoms with E-state index in [0.717, 1.165) is 12.0 Å². The molecule has 1 heterocycles. The number of phenolic OH excluding ortho intramolecular Hbond substituents is 1. The fourth-order valence-electron chi connectivity index (χ4n) is 4.48. The van der Waals surface area contributed by atoms with Gasteiger partial charge in [-0.1, -0.05) is 31.9 Å². The summed E-state index contributed by atoms with van der Waals surface area (Å²) in [5.74, 6) is 0.00572. The average molecular weight is 429 g/mol. The van der Waals surface area contributed by atoms with Crippen molar-refractivity contribution in [2.75, 3.05) is 4.90 Å². The van der Waals surface area contributed by atoms with Crippen LogP contribution in [-0.2, 0) is 9.59 Å². The lowest BCUT2D eigenvalue weighted by atomic mass is 9.81. The van der Waals surface area contributed by atoms with Gasteiger partial charge >= 0.3 is 0 Å². The Morgan fingerprint density at radius 3 is 2.14 bits per heavy atom. The molecule has 22 heavy (non-hydrogen) atoms. The summed E-state index contributed by atoms with van der Waals surface area (Å²) in [7, 11) is 0. The van der Waals surface area contributed by atoms with Gasteiger partial charge in [-0.2, -0.15) is 0 Å². The second kappa shape index (κ2) is 4.81. The summed E-state index contributed by atoms with van der Waals surface area (Å²) in [6.07, 6.45) is 0.932. The Labute approximate surface area is 145 Å². The third-order valence-corrected chi connectivity index (χ3v) is 8.62. The minimum atomic E-state index is -0.205. The highest BCUT2D eigenvalue weighted by atomic mass is 79.9. The number of rotatable bonds is 1. The number of phenols is 1. The van der Waals surface area contributed by atoms with Gasteiger partial charge in [0.25, 0.3) is 0 Å². The quantitative estimate of drug-likeness (QED) is 0.552. The summed E-state index contributed by atoms with van der Waals surface area (Å²) in [5.41, 5.74) is 1.33. The Morgan fingerprint density at radius 2 is 1.64 bits per heavy atom. The molecule has 3 fully saturated rings. The number of amides is 2. The van der Waals surface area contributed by atoms with E-state index in [-0.39, 0.29) is 50.9 Å². The fourth-order valence-corrected chi connectivity index (χ4v) is 6.35. The number of halogens is 2. The van der Waals surface area contributed by atoms with Gasteiger partial charge in [0, 0.05) is 9.65 Å². The molecule has 2 aliphatic carbocycles. The van der Waals surface area contributed by atoms with Crippen molar-refractivity contribution in [1.29, 1.82) is 0 Å². The summed E-state index contributed by atoms with van der Waals surface area (Å²) in [6, 6.07) is 4.76. The lowest BCUT2D eigenvalue weighted by Gasteiger charge is -2.28. The number of anilines is 1. The van der Waals surface area contributed by atoms with E-state index in [2.05, 4.69) is 31.9 Å². The molecule has 0 unspecified atom stereocenters. The lowest BCUT2D eigenvalue weighted by Crippen LogP contribution is -2.37. The topological polar surface area (TPSA) is 57.6 Å². The van der Waals surface area contributed by atoms with Gasteiger partial charge in [-0.25, -0.2) is 4.90 Å². The van der Waals surface area contributed by atoms with Crippen molar-refractivity contribution < 1.29 is 14.7 Å². The molecular weight excluding hydrogens is 414 g/mol. The zero-order valence-corrected chi connectivity index (χ0v) is 15.0. The van der Waals surface area contributed by atoms with Crippen molar-refractivity contribution in [2.45, 2.75) is 23.0 Å². The molecule has 1 aliphatic heterocycles. The van der Waals surface area contributed by atoms with Gasteiger partial charge in [0.15, 0.2) is 0 Å². The molecule has 1 saturated heterocycles. The van der Waals surface area contributed by atoms with Gasteiger partial charge in [-0.15, -0.1) is 0 Å². The number of carbonyl (C=O) groups excluding carboxylic acids is 2. The number of hydrogen-bond donors (Lipinski definition) is 1. The molecule has 2 bridgehead atoms. The zero-order valence-electron chi connectivity index (χ0n) is 11.9. The first-order valence-corrected chi connectivity index (χ1v) is 9.20. The second-order valence-corrected chi connectivity index (χ2v) is 8.60. The standard InChI is InChI=1S/C16H15Br2NO3/c1-6-4-7(20)2-3-10(6)19-15(21)11-8-5-9(12(11)16(19)22)14(18)13(8)17/h2-4,8-9,11-14,20H,5H2,1H3/t8-,9-,11-,12-,13-,14+/m1/s1. The minimum absolute atomic E-state index is 0.0832. The number of imide groups is 1. The Balaban J connectivity index is 1.76. The van der Waals surface area contributed by atoms with Crippen molar-refractivity contribution in [1.82, 2.24) is 0 Å². The highest BCUT2D eigenvalue weighted by molar-refractivity contribution is 9.12. The highest BCUT2D eigenvalue weighted by Crippen LogP contribution is 2.60. The molecule has 0 radical (unpaired) electrons. The average Bonchev–Trinajstić information content (AvgIpc) is 3.06. The molecule has 0 aromatic heterocycles. The summed E-state index contributed by atoms with van der Waals surface area (Å²) in [6.45, 7) is 1.80. The molecule has 1 aromatic carbocycles. The van der Waals surface area contributed by atoms with Crippen LogP contribution in [0.3, 0.4) is 0 Å². The number of alkyl halides is 2. The van der Waals surface area contributed by atoms with Crippen LogP contribution in [0.1, 0.15) is 12.0 Å². The van der Waals surface area contributed by atoms with E-state index in [1.807, 2.05) is 0 Å². The van der Waals surface area contributed by atoms with Crippen LogP contribution in [-0.4, -0.2) is 26.6 Å². The van der Waals surface area contributed by atoms with Crippen molar-refractivity contribution in [3.05, 3.63) is 23.8 Å². The van der Waals surface area contributed by atoms with E-state index in [1.54, 1.807) is 19.1 Å². The molecule has 2 saturated carbocycles. The molecular formula is C16H15Br2NO3. The van der Waals surface area contributed by atoms with Gasteiger partial charge in [-0.05, 0) is 48.9 Å². The molecule has 6 heteroatoms. The number of fused-ring (bicyclic) bond motifs is 5.